The van der Waals surface area contributed by atoms with Gasteiger partial charge >= 0.3 is 0 Å². The number of rotatable bonds is 7. The lowest BCUT2D eigenvalue weighted by molar-refractivity contribution is 0.499. The van der Waals surface area contributed by atoms with E-state index >= 15 is 0 Å². The van der Waals surface area contributed by atoms with E-state index in [1.165, 1.54) is 35.8 Å². The Morgan fingerprint density at radius 3 is 2.80 bits per heavy atom. The molecule has 1 rings (SSSR count). The van der Waals surface area contributed by atoms with Gasteiger partial charge in [-0.2, -0.15) is 0 Å². The van der Waals surface area contributed by atoms with Crippen molar-refractivity contribution in [1.29, 1.82) is 0 Å². The highest BCUT2D eigenvalue weighted by atomic mass is 32.2. The van der Waals surface area contributed by atoms with Crippen LogP contribution in [0.3, 0.4) is 0 Å². The van der Waals surface area contributed by atoms with Crippen LogP contribution >= 0.6 is 23.1 Å². The van der Waals surface area contributed by atoms with Gasteiger partial charge in [0, 0.05) is 16.8 Å². The third-order valence-corrected chi connectivity index (χ3v) is 4.95. The fraction of sp³-hybridized carbons (Fsp3) is 0.750. The van der Waals surface area contributed by atoms with Crippen LogP contribution in [0.15, 0.2) is 9.72 Å². The van der Waals surface area contributed by atoms with Crippen molar-refractivity contribution in [1.82, 2.24) is 4.98 Å². The topological polar surface area (TPSA) is 12.9 Å². The van der Waals surface area contributed by atoms with E-state index in [2.05, 4.69) is 31.1 Å². The maximum atomic E-state index is 4.48. The molecule has 0 aliphatic carbocycles. The van der Waals surface area contributed by atoms with Crippen LogP contribution in [0.25, 0.3) is 0 Å². The summed E-state index contributed by atoms with van der Waals surface area (Å²) >= 11 is 3.71. The Bertz CT molecular complexity index is 270. The second kappa shape index (κ2) is 7.29. The fourth-order valence-corrected chi connectivity index (χ4v) is 3.62. The van der Waals surface area contributed by atoms with E-state index in [0.29, 0.717) is 0 Å². The third-order valence-electron chi connectivity index (χ3n) is 2.58. The normalized spacial score (nSPS) is 13.0. The van der Waals surface area contributed by atoms with Gasteiger partial charge in [-0.15, -0.1) is 11.3 Å². The number of aryl methyl sites for hydroxylation is 1. The monoisotopic (exact) mass is 243 g/mol. The summed E-state index contributed by atoms with van der Waals surface area (Å²) in [5.41, 5.74) is 1.16. The first-order chi connectivity index (χ1) is 7.26. The number of nitrogens with zero attached hydrogens (tertiary/aromatic N) is 1. The van der Waals surface area contributed by atoms with Crippen molar-refractivity contribution in [3.05, 3.63) is 11.1 Å². The molecule has 0 fully saturated rings. The summed E-state index contributed by atoms with van der Waals surface area (Å²) in [5.74, 6) is 2.11. The minimum Gasteiger partial charge on any atom is -0.235 e. The highest BCUT2D eigenvalue weighted by molar-refractivity contribution is 8.01. The Morgan fingerprint density at radius 1 is 1.47 bits per heavy atom. The molecule has 86 valence electrons. The Balaban J connectivity index is 2.27. The van der Waals surface area contributed by atoms with Crippen molar-refractivity contribution in [2.45, 2.75) is 50.8 Å². The number of aromatic nitrogens is 1. The van der Waals surface area contributed by atoms with E-state index in [9.17, 15) is 0 Å². The molecule has 1 atom stereocenters. The molecule has 1 aromatic heterocycles. The number of unbranched alkanes of at least 4 members (excludes halogenated alkanes) is 1. The summed E-state index contributed by atoms with van der Waals surface area (Å²) in [4.78, 5) is 4.48. The zero-order valence-electron chi connectivity index (χ0n) is 9.95. The molecular weight excluding hydrogens is 222 g/mol. The van der Waals surface area contributed by atoms with Crippen molar-refractivity contribution in [2.75, 3.05) is 5.75 Å². The van der Waals surface area contributed by atoms with Crippen LogP contribution in [0.2, 0.25) is 0 Å². The smallest absolute Gasteiger partial charge is 0.150 e. The summed E-state index contributed by atoms with van der Waals surface area (Å²) in [5, 5.41) is 2.13. The van der Waals surface area contributed by atoms with Crippen LogP contribution in [0.5, 0.6) is 0 Å². The zero-order chi connectivity index (χ0) is 11.1. The number of hydrogen-bond acceptors (Lipinski definition) is 3. The lowest BCUT2D eigenvalue weighted by Gasteiger charge is -2.12. The summed E-state index contributed by atoms with van der Waals surface area (Å²) < 4.78 is 1.24. The molecule has 1 unspecified atom stereocenters. The molecule has 0 amide bonds. The van der Waals surface area contributed by atoms with E-state index in [1.807, 2.05) is 11.8 Å². The van der Waals surface area contributed by atoms with Gasteiger partial charge in [0.2, 0.25) is 0 Å². The Hall–Kier alpha value is -0.0200. The second-order valence-electron chi connectivity index (χ2n) is 3.98. The molecule has 0 aliphatic rings. The number of thioether (sulfide) groups is 1. The molecule has 0 saturated carbocycles. The average molecular weight is 243 g/mol. The molecule has 1 heterocycles. The quantitative estimate of drug-likeness (QED) is 0.640. The van der Waals surface area contributed by atoms with Crippen molar-refractivity contribution in [3.63, 3.8) is 0 Å². The van der Waals surface area contributed by atoms with E-state index in [1.54, 1.807) is 11.3 Å². The summed E-state index contributed by atoms with van der Waals surface area (Å²) in [6, 6.07) is 0. The van der Waals surface area contributed by atoms with Gasteiger partial charge in [0.05, 0.1) is 0 Å². The van der Waals surface area contributed by atoms with Crippen LogP contribution in [0.1, 0.15) is 45.2 Å². The first kappa shape index (κ1) is 13.0. The van der Waals surface area contributed by atoms with Gasteiger partial charge in [-0.3, -0.25) is 0 Å². The summed E-state index contributed by atoms with van der Waals surface area (Å²) in [6.07, 6.45) is 5.37. The maximum Gasteiger partial charge on any atom is 0.150 e. The lowest BCUT2D eigenvalue weighted by atomic mass is 10.0. The van der Waals surface area contributed by atoms with Gasteiger partial charge in [-0.05, 0) is 19.3 Å². The molecule has 0 saturated heterocycles. The van der Waals surface area contributed by atoms with Gasteiger partial charge in [0.25, 0.3) is 0 Å². The number of thiazole rings is 1. The average Bonchev–Trinajstić information content (AvgIpc) is 2.65. The minimum absolute atomic E-state index is 0.874. The van der Waals surface area contributed by atoms with Crippen LogP contribution in [-0.4, -0.2) is 10.7 Å². The molecule has 0 bridgehead atoms. The van der Waals surface area contributed by atoms with E-state index < -0.39 is 0 Å². The lowest BCUT2D eigenvalue weighted by Crippen LogP contribution is -2.01. The van der Waals surface area contributed by atoms with Crippen LogP contribution in [0.4, 0.5) is 0 Å². The Labute approximate surface area is 102 Å². The van der Waals surface area contributed by atoms with Gasteiger partial charge in [0.15, 0.2) is 0 Å². The third kappa shape index (κ3) is 5.03. The highest BCUT2D eigenvalue weighted by Gasteiger charge is 2.08. The molecule has 0 spiro atoms. The van der Waals surface area contributed by atoms with Crippen molar-refractivity contribution in [3.8, 4) is 0 Å². The van der Waals surface area contributed by atoms with Gasteiger partial charge in [-0.25, -0.2) is 4.98 Å². The molecule has 0 aromatic carbocycles. The van der Waals surface area contributed by atoms with E-state index in [-0.39, 0.29) is 0 Å². The molecule has 1 aromatic rings. The second-order valence-corrected chi connectivity index (χ2v) is 6.11. The van der Waals surface area contributed by atoms with Crippen molar-refractivity contribution >= 4 is 23.1 Å². The van der Waals surface area contributed by atoms with E-state index in [4.69, 9.17) is 0 Å². The standard InChI is InChI=1S/C12H21NS2/c1-4-6-7-11(5-2)9-15-12-13-10(3)8-14-12/h8,11H,4-7,9H2,1-3H3. The van der Waals surface area contributed by atoms with E-state index in [0.717, 1.165) is 11.6 Å². The van der Waals surface area contributed by atoms with Gasteiger partial charge < -0.3 is 0 Å². The minimum atomic E-state index is 0.874. The highest BCUT2D eigenvalue weighted by Crippen LogP contribution is 2.27. The largest absolute Gasteiger partial charge is 0.235 e. The SMILES string of the molecule is CCCCC(CC)CSc1nc(C)cs1. The molecule has 3 heteroatoms. The first-order valence-electron chi connectivity index (χ1n) is 5.81. The maximum absolute atomic E-state index is 4.48. The van der Waals surface area contributed by atoms with Gasteiger partial charge in [-0.1, -0.05) is 44.9 Å². The Kier molecular flexibility index (Phi) is 6.34. The number of hydrogen-bond donors (Lipinski definition) is 0. The van der Waals surface area contributed by atoms with Crippen LogP contribution < -0.4 is 0 Å². The van der Waals surface area contributed by atoms with Gasteiger partial charge in [0.1, 0.15) is 4.34 Å². The predicted molar refractivity (Wildman–Crippen MR) is 70.9 cm³/mol. The zero-order valence-corrected chi connectivity index (χ0v) is 11.6. The molecule has 0 radical (unpaired) electrons. The Morgan fingerprint density at radius 2 is 2.27 bits per heavy atom. The molecular formula is C12H21NS2. The molecule has 15 heavy (non-hydrogen) atoms. The van der Waals surface area contributed by atoms with Crippen LogP contribution in [-0.2, 0) is 0 Å². The molecule has 1 nitrogen and oxygen atoms in total. The summed E-state index contributed by atoms with van der Waals surface area (Å²) in [7, 11) is 0. The van der Waals surface area contributed by atoms with Crippen LogP contribution in [0, 0.1) is 12.8 Å². The predicted octanol–water partition coefficient (Wildman–Crippen LogP) is 4.76. The first-order valence-corrected chi connectivity index (χ1v) is 7.67. The molecule has 0 aliphatic heterocycles. The molecule has 0 N–H and O–H groups in total. The van der Waals surface area contributed by atoms with Crippen molar-refractivity contribution in [2.24, 2.45) is 5.92 Å². The fourth-order valence-electron chi connectivity index (χ4n) is 1.49. The van der Waals surface area contributed by atoms with Crippen molar-refractivity contribution < 1.29 is 0 Å². The summed E-state index contributed by atoms with van der Waals surface area (Å²) in [6.45, 7) is 6.63.